The summed E-state index contributed by atoms with van der Waals surface area (Å²) in [6, 6.07) is 8.85. The highest BCUT2D eigenvalue weighted by Crippen LogP contribution is 2.29. The monoisotopic (exact) mass is 378 g/mol. The average molecular weight is 379 g/mol. The third-order valence-electron chi connectivity index (χ3n) is 5.63. The maximum atomic E-state index is 2.51. The predicted octanol–water partition coefficient (Wildman–Crippen LogP) is 8.93. The summed E-state index contributed by atoms with van der Waals surface area (Å²) in [6.07, 6.45) is 16.2. The Bertz CT molecular complexity index is 703. The summed E-state index contributed by atoms with van der Waals surface area (Å²) >= 11 is 0. The molecule has 0 aliphatic carbocycles. The molecule has 1 atom stereocenters. The first-order valence-corrected chi connectivity index (χ1v) is 11.3. The van der Waals surface area contributed by atoms with Crippen molar-refractivity contribution in [2.45, 2.75) is 87.0 Å². The second-order valence-corrected chi connectivity index (χ2v) is 7.87. The second kappa shape index (κ2) is 13.4. The molecule has 154 valence electrons. The number of aryl methyl sites for hydroxylation is 1. The van der Waals surface area contributed by atoms with Crippen molar-refractivity contribution < 1.29 is 0 Å². The zero-order chi connectivity index (χ0) is 20.9. The molecule has 0 amide bonds. The average Bonchev–Trinajstić information content (AvgIpc) is 2.69. The maximum absolute atomic E-state index is 2.51. The van der Waals surface area contributed by atoms with Crippen molar-refractivity contribution in [2.75, 3.05) is 0 Å². The molecule has 0 aliphatic rings. The Balaban J connectivity index is 3.59. The lowest BCUT2D eigenvalue weighted by atomic mass is 9.86. The lowest BCUT2D eigenvalue weighted by molar-refractivity contribution is 0.694. The van der Waals surface area contributed by atoms with Gasteiger partial charge in [0.1, 0.15) is 0 Å². The van der Waals surface area contributed by atoms with Crippen molar-refractivity contribution in [3.05, 3.63) is 82.0 Å². The first kappa shape index (κ1) is 24.2. The molecule has 0 saturated heterocycles. The number of hydrogen-bond donors (Lipinski definition) is 0. The van der Waals surface area contributed by atoms with Crippen molar-refractivity contribution in [1.82, 2.24) is 0 Å². The number of rotatable bonds is 11. The first-order valence-electron chi connectivity index (χ1n) is 11.3. The Kier molecular flexibility index (Phi) is 11.6. The summed E-state index contributed by atoms with van der Waals surface area (Å²) in [5.41, 5.74) is 8.85. The fourth-order valence-electron chi connectivity index (χ4n) is 3.67. The van der Waals surface area contributed by atoms with Crippen LogP contribution in [0.1, 0.15) is 84.8 Å². The van der Waals surface area contributed by atoms with Crippen molar-refractivity contribution in [3.8, 4) is 0 Å². The van der Waals surface area contributed by atoms with Crippen LogP contribution < -0.4 is 0 Å². The van der Waals surface area contributed by atoms with Gasteiger partial charge in [-0.25, -0.2) is 0 Å². The summed E-state index contributed by atoms with van der Waals surface area (Å²) in [5, 5.41) is 0. The van der Waals surface area contributed by atoms with E-state index >= 15 is 0 Å². The maximum Gasteiger partial charge on any atom is -0.00178 e. The molecule has 0 heterocycles. The number of hydrogen-bond acceptors (Lipinski definition) is 0. The van der Waals surface area contributed by atoms with Gasteiger partial charge in [0.25, 0.3) is 0 Å². The quantitative estimate of drug-likeness (QED) is 0.337. The molecular weight excluding hydrogens is 336 g/mol. The fraction of sp³-hybridized carbons (Fsp3) is 0.500. The van der Waals surface area contributed by atoms with Gasteiger partial charge >= 0.3 is 0 Å². The normalized spacial score (nSPS) is 13.8. The van der Waals surface area contributed by atoms with E-state index in [1.54, 1.807) is 5.57 Å². The van der Waals surface area contributed by atoms with E-state index < -0.39 is 0 Å². The summed E-state index contributed by atoms with van der Waals surface area (Å²) in [6.45, 7) is 15.9. The van der Waals surface area contributed by atoms with E-state index in [0.717, 1.165) is 25.7 Å². The van der Waals surface area contributed by atoms with E-state index in [-0.39, 0.29) is 0 Å². The third-order valence-corrected chi connectivity index (χ3v) is 5.63. The van der Waals surface area contributed by atoms with Crippen LogP contribution in [0, 0.1) is 12.8 Å². The molecule has 0 spiro atoms. The topological polar surface area (TPSA) is 0 Å². The van der Waals surface area contributed by atoms with Crippen LogP contribution in [0.3, 0.4) is 0 Å². The van der Waals surface area contributed by atoms with Crippen molar-refractivity contribution in [3.63, 3.8) is 0 Å². The summed E-state index contributed by atoms with van der Waals surface area (Å²) in [4.78, 5) is 0. The minimum absolute atomic E-state index is 0.585. The zero-order valence-corrected chi connectivity index (χ0v) is 19.4. The van der Waals surface area contributed by atoms with Crippen molar-refractivity contribution >= 4 is 0 Å². The predicted molar refractivity (Wildman–Crippen MR) is 128 cm³/mol. The van der Waals surface area contributed by atoms with Crippen molar-refractivity contribution in [2.24, 2.45) is 5.92 Å². The Morgan fingerprint density at radius 3 is 2.25 bits per heavy atom. The SMILES string of the molecule is CC=CC(=CC(=CC(C)CC)C(Cc1ccccc1C)=C(CC)CC)CCC. The van der Waals surface area contributed by atoms with Gasteiger partial charge < -0.3 is 0 Å². The molecule has 0 nitrogen and oxygen atoms in total. The fourth-order valence-corrected chi connectivity index (χ4v) is 3.67. The minimum atomic E-state index is 0.585. The van der Waals surface area contributed by atoms with E-state index in [9.17, 15) is 0 Å². The smallest absolute Gasteiger partial charge is 0.00178 e. The Morgan fingerprint density at radius 1 is 1.04 bits per heavy atom. The number of benzene rings is 1. The molecule has 1 unspecified atom stereocenters. The molecule has 1 rings (SSSR count). The van der Waals surface area contributed by atoms with Crippen LogP contribution >= 0.6 is 0 Å². The number of allylic oxidation sites excluding steroid dienone is 8. The lowest BCUT2D eigenvalue weighted by Gasteiger charge is -2.19. The molecule has 0 saturated carbocycles. The molecule has 0 radical (unpaired) electrons. The van der Waals surface area contributed by atoms with E-state index in [0.29, 0.717) is 5.92 Å². The van der Waals surface area contributed by atoms with E-state index in [2.05, 4.69) is 97.0 Å². The highest BCUT2D eigenvalue weighted by atomic mass is 14.2. The van der Waals surface area contributed by atoms with Crippen LogP contribution in [0.5, 0.6) is 0 Å². The van der Waals surface area contributed by atoms with Gasteiger partial charge in [0.2, 0.25) is 0 Å². The molecule has 0 bridgehead atoms. The van der Waals surface area contributed by atoms with Gasteiger partial charge in [0.05, 0.1) is 0 Å². The lowest BCUT2D eigenvalue weighted by Crippen LogP contribution is -2.03. The molecule has 0 aromatic heterocycles. The van der Waals surface area contributed by atoms with Gasteiger partial charge in [0.15, 0.2) is 0 Å². The van der Waals surface area contributed by atoms with Gasteiger partial charge in [-0.2, -0.15) is 0 Å². The van der Waals surface area contributed by atoms with Crippen molar-refractivity contribution in [1.29, 1.82) is 0 Å². The minimum Gasteiger partial charge on any atom is -0.0874 e. The summed E-state index contributed by atoms with van der Waals surface area (Å²) in [5.74, 6) is 0.585. The first-order chi connectivity index (χ1) is 13.5. The zero-order valence-electron chi connectivity index (χ0n) is 19.4. The summed E-state index contributed by atoms with van der Waals surface area (Å²) in [7, 11) is 0. The molecule has 1 aromatic carbocycles. The second-order valence-electron chi connectivity index (χ2n) is 7.87. The van der Waals surface area contributed by atoms with Crippen LogP contribution in [-0.2, 0) is 6.42 Å². The van der Waals surface area contributed by atoms with Crippen LogP contribution in [0.25, 0.3) is 0 Å². The Morgan fingerprint density at radius 2 is 1.71 bits per heavy atom. The van der Waals surface area contributed by atoms with Crippen LogP contribution in [-0.4, -0.2) is 0 Å². The molecular formula is C28H42. The van der Waals surface area contributed by atoms with Crippen LogP contribution in [0.15, 0.2) is 70.9 Å². The largest absolute Gasteiger partial charge is 0.0874 e. The van der Waals surface area contributed by atoms with E-state index in [4.69, 9.17) is 0 Å². The highest BCUT2D eigenvalue weighted by Gasteiger charge is 2.13. The Hall–Kier alpha value is -1.82. The molecule has 0 N–H and O–H groups in total. The van der Waals surface area contributed by atoms with Gasteiger partial charge in [0, 0.05) is 0 Å². The van der Waals surface area contributed by atoms with Gasteiger partial charge in [-0.1, -0.05) is 102 Å². The molecule has 28 heavy (non-hydrogen) atoms. The van der Waals surface area contributed by atoms with Crippen LogP contribution in [0.4, 0.5) is 0 Å². The van der Waals surface area contributed by atoms with Crippen LogP contribution in [0.2, 0.25) is 0 Å². The van der Waals surface area contributed by atoms with Gasteiger partial charge in [-0.3, -0.25) is 0 Å². The van der Waals surface area contributed by atoms with E-state index in [1.165, 1.54) is 40.7 Å². The van der Waals surface area contributed by atoms with Gasteiger partial charge in [-0.05, 0) is 73.3 Å². The Labute approximate surface area is 175 Å². The molecule has 1 aromatic rings. The molecule has 0 heteroatoms. The molecule has 0 fully saturated rings. The van der Waals surface area contributed by atoms with E-state index in [1.807, 2.05) is 0 Å². The summed E-state index contributed by atoms with van der Waals surface area (Å²) < 4.78 is 0. The molecule has 0 aliphatic heterocycles. The third kappa shape index (κ3) is 7.66. The van der Waals surface area contributed by atoms with Gasteiger partial charge in [-0.15, -0.1) is 0 Å². The standard InChI is InChI=1S/C28H42/c1-8-15-24(16-9-2)20-27(19-22(6)10-3)28(25(11-4)12-5)21-26-18-14-13-17-23(26)7/h8,13-15,17-20,22H,9-12,16,21H2,1-7H3. The highest BCUT2D eigenvalue weighted by molar-refractivity contribution is 5.49.